The van der Waals surface area contributed by atoms with Crippen molar-refractivity contribution in [2.24, 2.45) is 0 Å². The Labute approximate surface area is 146 Å². The largest absolute Gasteiger partial charge is 0.478 e. The van der Waals surface area contributed by atoms with Gasteiger partial charge in [-0.2, -0.15) is 0 Å². The highest BCUT2D eigenvalue weighted by molar-refractivity contribution is 5.80. The predicted molar refractivity (Wildman–Crippen MR) is 98.7 cm³/mol. The van der Waals surface area contributed by atoms with Crippen LogP contribution in [0.3, 0.4) is 0 Å². The summed E-state index contributed by atoms with van der Waals surface area (Å²) >= 11 is 0. The van der Waals surface area contributed by atoms with Gasteiger partial charge in [-0.15, -0.1) is 0 Å². The standard InChI is InChI=1S/C20H34O4/c1-2-3-14-17-20(23,24)18-15-12-10-8-6-4-5-7-9-11-13-16-19(21)22/h5,7,9,11,13,16,23-24H,2-4,6,8,10,12,14-15,17-18H2,1H3,(H,21,22)/b7-5+,11-9+,16-13+. The average molecular weight is 338 g/mol. The lowest BCUT2D eigenvalue weighted by Crippen LogP contribution is -2.27. The number of allylic oxidation sites excluding steroid dienone is 5. The van der Waals surface area contributed by atoms with Crippen LogP contribution >= 0.6 is 0 Å². The maximum absolute atomic E-state index is 10.2. The van der Waals surface area contributed by atoms with Crippen molar-refractivity contribution >= 4 is 5.97 Å². The lowest BCUT2D eigenvalue weighted by atomic mass is 10.00. The molecule has 0 saturated carbocycles. The van der Waals surface area contributed by atoms with Gasteiger partial charge in [0.05, 0.1) is 0 Å². The summed E-state index contributed by atoms with van der Waals surface area (Å²) in [5.74, 6) is -2.41. The number of hydrogen-bond donors (Lipinski definition) is 3. The Kier molecular flexibility index (Phi) is 14.3. The SMILES string of the molecule is CCCCCC(O)(O)CCCCCCC/C=C/C=C/C=C/C(=O)O. The van der Waals surface area contributed by atoms with Crippen LogP contribution in [0.1, 0.15) is 77.6 Å². The van der Waals surface area contributed by atoms with Crippen LogP contribution in [0.25, 0.3) is 0 Å². The lowest BCUT2D eigenvalue weighted by molar-refractivity contribution is -0.172. The van der Waals surface area contributed by atoms with E-state index < -0.39 is 11.8 Å². The van der Waals surface area contributed by atoms with Gasteiger partial charge in [0.1, 0.15) is 0 Å². The van der Waals surface area contributed by atoms with E-state index in [1.807, 2.05) is 12.2 Å². The van der Waals surface area contributed by atoms with Crippen LogP contribution < -0.4 is 0 Å². The van der Waals surface area contributed by atoms with Crippen LogP contribution in [-0.4, -0.2) is 27.1 Å². The summed E-state index contributed by atoms with van der Waals surface area (Å²) in [6, 6.07) is 0. The van der Waals surface area contributed by atoms with Gasteiger partial charge in [-0.25, -0.2) is 4.79 Å². The third-order valence-corrected chi connectivity index (χ3v) is 3.84. The molecule has 0 bridgehead atoms. The first-order valence-electron chi connectivity index (χ1n) is 9.15. The molecular formula is C20H34O4. The summed E-state index contributed by atoms with van der Waals surface area (Å²) in [5.41, 5.74) is 0. The van der Waals surface area contributed by atoms with Crippen molar-refractivity contribution in [1.82, 2.24) is 0 Å². The zero-order valence-corrected chi connectivity index (χ0v) is 15.0. The Morgan fingerprint density at radius 2 is 1.42 bits per heavy atom. The molecule has 0 aliphatic rings. The lowest BCUT2D eigenvalue weighted by Gasteiger charge is -2.21. The van der Waals surface area contributed by atoms with Crippen molar-refractivity contribution in [2.75, 3.05) is 0 Å². The first-order chi connectivity index (χ1) is 11.5. The smallest absolute Gasteiger partial charge is 0.328 e. The minimum Gasteiger partial charge on any atom is -0.478 e. The van der Waals surface area contributed by atoms with E-state index >= 15 is 0 Å². The van der Waals surface area contributed by atoms with E-state index in [9.17, 15) is 15.0 Å². The monoisotopic (exact) mass is 338 g/mol. The second-order valence-electron chi connectivity index (χ2n) is 6.26. The molecule has 0 heterocycles. The number of aliphatic hydroxyl groups is 2. The second-order valence-corrected chi connectivity index (χ2v) is 6.26. The van der Waals surface area contributed by atoms with Gasteiger partial charge in [-0.3, -0.25) is 0 Å². The average Bonchev–Trinajstić information content (AvgIpc) is 2.51. The van der Waals surface area contributed by atoms with Gasteiger partial charge in [-0.05, 0) is 25.7 Å². The molecule has 0 saturated heterocycles. The third-order valence-electron chi connectivity index (χ3n) is 3.84. The number of rotatable bonds is 15. The molecule has 24 heavy (non-hydrogen) atoms. The molecule has 0 fully saturated rings. The van der Waals surface area contributed by atoms with Crippen molar-refractivity contribution in [1.29, 1.82) is 0 Å². The number of carbonyl (C=O) groups is 1. The van der Waals surface area contributed by atoms with E-state index in [2.05, 4.69) is 13.0 Å². The van der Waals surface area contributed by atoms with Crippen molar-refractivity contribution < 1.29 is 20.1 Å². The van der Waals surface area contributed by atoms with Crippen LogP contribution in [0.4, 0.5) is 0 Å². The number of carboxylic acids is 1. The first kappa shape index (κ1) is 22.6. The van der Waals surface area contributed by atoms with Crippen molar-refractivity contribution in [2.45, 2.75) is 83.3 Å². The molecule has 0 aromatic heterocycles. The second kappa shape index (κ2) is 15.2. The van der Waals surface area contributed by atoms with Gasteiger partial charge in [-0.1, -0.05) is 69.4 Å². The van der Waals surface area contributed by atoms with Crippen molar-refractivity contribution in [3.63, 3.8) is 0 Å². The minimum atomic E-state index is -1.47. The highest BCUT2D eigenvalue weighted by Crippen LogP contribution is 2.20. The van der Waals surface area contributed by atoms with E-state index in [0.29, 0.717) is 12.8 Å². The molecule has 0 aliphatic heterocycles. The molecule has 0 atom stereocenters. The molecule has 3 N–H and O–H groups in total. The van der Waals surface area contributed by atoms with Crippen LogP contribution in [0.2, 0.25) is 0 Å². The molecule has 0 aromatic rings. The maximum Gasteiger partial charge on any atom is 0.328 e. The fourth-order valence-corrected chi connectivity index (χ4v) is 2.42. The number of carboxylic acid groups (broad SMARTS) is 1. The van der Waals surface area contributed by atoms with Gasteiger partial charge in [0.2, 0.25) is 0 Å². The topological polar surface area (TPSA) is 77.8 Å². The van der Waals surface area contributed by atoms with Crippen LogP contribution in [0, 0.1) is 0 Å². The highest BCUT2D eigenvalue weighted by Gasteiger charge is 2.20. The van der Waals surface area contributed by atoms with Crippen LogP contribution in [0.5, 0.6) is 0 Å². The van der Waals surface area contributed by atoms with Crippen LogP contribution in [0.15, 0.2) is 36.5 Å². The minimum absolute atomic E-state index is 0.477. The Morgan fingerprint density at radius 3 is 2.08 bits per heavy atom. The summed E-state index contributed by atoms with van der Waals surface area (Å²) < 4.78 is 0. The molecule has 0 unspecified atom stereocenters. The quantitative estimate of drug-likeness (QED) is 0.174. The van der Waals surface area contributed by atoms with Gasteiger partial charge >= 0.3 is 5.97 Å². The van der Waals surface area contributed by atoms with Crippen molar-refractivity contribution in [3.8, 4) is 0 Å². The Morgan fingerprint density at radius 1 is 0.833 bits per heavy atom. The van der Waals surface area contributed by atoms with E-state index in [1.54, 1.807) is 6.08 Å². The van der Waals surface area contributed by atoms with E-state index in [0.717, 1.165) is 63.9 Å². The van der Waals surface area contributed by atoms with E-state index in [-0.39, 0.29) is 0 Å². The Hall–Kier alpha value is -1.39. The number of aliphatic carboxylic acids is 1. The van der Waals surface area contributed by atoms with Gasteiger partial charge in [0.25, 0.3) is 0 Å². The zero-order valence-electron chi connectivity index (χ0n) is 15.0. The van der Waals surface area contributed by atoms with Crippen molar-refractivity contribution in [3.05, 3.63) is 36.5 Å². The fourth-order valence-electron chi connectivity index (χ4n) is 2.42. The first-order valence-corrected chi connectivity index (χ1v) is 9.15. The Bertz CT molecular complexity index is 394. The summed E-state index contributed by atoms with van der Waals surface area (Å²) in [4.78, 5) is 10.2. The van der Waals surface area contributed by atoms with E-state index in [4.69, 9.17) is 5.11 Å². The van der Waals surface area contributed by atoms with Gasteiger partial charge in [0, 0.05) is 18.9 Å². The van der Waals surface area contributed by atoms with Gasteiger partial charge in [0.15, 0.2) is 5.79 Å². The molecule has 0 amide bonds. The molecule has 0 aliphatic carbocycles. The summed E-state index contributed by atoms with van der Waals surface area (Å²) in [5, 5.41) is 28.1. The highest BCUT2D eigenvalue weighted by atomic mass is 16.5. The maximum atomic E-state index is 10.2. The number of hydrogen-bond acceptors (Lipinski definition) is 3. The van der Waals surface area contributed by atoms with E-state index in [1.165, 1.54) is 6.08 Å². The molecule has 0 radical (unpaired) electrons. The van der Waals surface area contributed by atoms with Gasteiger partial charge < -0.3 is 15.3 Å². The summed E-state index contributed by atoms with van der Waals surface area (Å²) in [6.45, 7) is 2.11. The molecule has 4 heteroatoms. The summed E-state index contributed by atoms with van der Waals surface area (Å²) in [6.07, 6.45) is 20.4. The molecule has 0 rings (SSSR count). The molecule has 138 valence electrons. The zero-order chi connectivity index (χ0) is 18.1. The normalized spacial score (nSPS) is 12.8. The number of unbranched alkanes of at least 4 members (excludes halogenated alkanes) is 7. The molecule has 4 nitrogen and oxygen atoms in total. The Balaban J connectivity index is 3.49. The molecule has 0 spiro atoms. The van der Waals surface area contributed by atoms with Crippen LogP contribution in [-0.2, 0) is 4.79 Å². The molecule has 0 aromatic carbocycles. The predicted octanol–water partition coefficient (Wildman–Crippen LogP) is 4.73. The fraction of sp³-hybridized carbons (Fsp3) is 0.650. The third kappa shape index (κ3) is 17.0. The summed E-state index contributed by atoms with van der Waals surface area (Å²) in [7, 11) is 0. The molecular weight excluding hydrogens is 304 g/mol.